The summed E-state index contributed by atoms with van der Waals surface area (Å²) >= 11 is 0. The fraction of sp³-hybridized carbons (Fsp3) is 0.476. The molecule has 0 aliphatic carbocycles. The number of hydrogen-bond donors (Lipinski definition) is 1. The highest BCUT2D eigenvalue weighted by atomic mass is 32.2. The third-order valence-corrected chi connectivity index (χ3v) is 7.34. The number of carbonyl (C=O) groups is 1. The van der Waals surface area contributed by atoms with E-state index in [1.807, 2.05) is 42.2 Å². The summed E-state index contributed by atoms with van der Waals surface area (Å²) in [6, 6.07) is 13.1. The van der Waals surface area contributed by atoms with E-state index in [1.54, 1.807) is 12.1 Å². The van der Waals surface area contributed by atoms with Crippen molar-refractivity contribution in [3.05, 3.63) is 42.5 Å². The van der Waals surface area contributed by atoms with E-state index in [4.69, 9.17) is 0 Å². The van der Waals surface area contributed by atoms with Crippen LogP contribution < -0.4 is 5.32 Å². The molecule has 6 nitrogen and oxygen atoms in total. The Balaban J connectivity index is 1.61. The molecule has 1 N–H and O–H groups in total. The van der Waals surface area contributed by atoms with Gasteiger partial charge in [-0.15, -0.1) is 0 Å². The first-order valence-electron chi connectivity index (χ1n) is 9.78. The Hall–Kier alpha value is -1.96. The van der Waals surface area contributed by atoms with E-state index in [1.165, 1.54) is 4.31 Å². The highest BCUT2D eigenvalue weighted by molar-refractivity contribution is 7.89. The molecule has 2 aromatic rings. The Morgan fingerprint density at radius 1 is 1.00 bits per heavy atom. The highest BCUT2D eigenvalue weighted by Crippen LogP contribution is 2.22. The molecule has 1 heterocycles. The van der Waals surface area contributed by atoms with Crippen molar-refractivity contribution in [2.45, 2.75) is 31.7 Å². The minimum Gasteiger partial charge on any atom is -0.352 e. The van der Waals surface area contributed by atoms with Gasteiger partial charge >= 0.3 is 0 Å². The summed E-state index contributed by atoms with van der Waals surface area (Å²) < 4.78 is 27.5. The van der Waals surface area contributed by atoms with E-state index in [0.29, 0.717) is 43.5 Å². The van der Waals surface area contributed by atoms with Crippen LogP contribution in [0.3, 0.4) is 0 Å². The van der Waals surface area contributed by atoms with Crippen LogP contribution in [0, 0.1) is 5.92 Å². The van der Waals surface area contributed by atoms with Crippen LogP contribution in [0.2, 0.25) is 0 Å². The molecule has 1 atom stereocenters. The molecule has 2 aromatic carbocycles. The lowest BCUT2D eigenvalue weighted by Crippen LogP contribution is -2.51. The lowest BCUT2D eigenvalue weighted by atomic mass is 10.1. The van der Waals surface area contributed by atoms with Crippen LogP contribution in [0.25, 0.3) is 10.8 Å². The zero-order valence-corrected chi connectivity index (χ0v) is 17.6. The minimum atomic E-state index is -3.53. The van der Waals surface area contributed by atoms with Gasteiger partial charge in [0.15, 0.2) is 0 Å². The summed E-state index contributed by atoms with van der Waals surface area (Å²) in [5.41, 5.74) is 0. The van der Waals surface area contributed by atoms with Crippen molar-refractivity contribution in [2.75, 3.05) is 32.7 Å². The number of nitrogens with zero attached hydrogens (tertiary/aromatic N) is 2. The van der Waals surface area contributed by atoms with Gasteiger partial charge in [-0.05, 0) is 35.7 Å². The number of sulfonamides is 1. The quantitative estimate of drug-likeness (QED) is 0.804. The summed E-state index contributed by atoms with van der Waals surface area (Å²) in [4.78, 5) is 14.5. The largest absolute Gasteiger partial charge is 0.352 e. The highest BCUT2D eigenvalue weighted by Gasteiger charge is 2.29. The normalized spacial score (nSPS) is 17.7. The summed E-state index contributed by atoms with van der Waals surface area (Å²) in [5.74, 6) is 0.375. The van der Waals surface area contributed by atoms with Crippen LogP contribution in [0.1, 0.15) is 20.8 Å². The zero-order valence-electron chi connectivity index (χ0n) is 16.8. The van der Waals surface area contributed by atoms with E-state index in [0.717, 1.165) is 10.8 Å². The van der Waals surface area contributed by atoms with Crippen molar-refractivity contribution in [2.24, 2.45) is 5.92 Å². The Morgan fingerprint density at radius 3 is 2.29 bits per heavy atom. The van der Waals surface area contributed by atoms with Gasteiger partial charge < -0.3 is 5.32 Å². The maximum atomic E-state index is 13.0. The number of fused-ring (bicyclic) bond motifs is 1. The van der Waals surface area contributed by atoms with Crippen LogP contribution >= 0.6 is 0 Å². The number of piperazine rings is 1. The Kier molecular flexibility index (Phi) is 6.37. The summed E-state index contributed by atoms with van der Waals surface area (Å²) in [7, 11) is -3.53. The molecule has 0 unspecified atom stereocenters. The second-order valence-corrected chi connectivity index (χ2v) is 9.73. The van der Waals surface area contributed by atoms with Crippen LogP contribution in [-0.2, 0) is 14.8 Å². The van der Waals surface area contributed by atoms with Gasteiger partial charge in [0.05, 0.1) is 11.4 Å². The van der Waals surface area contributed by atoms with Crippen LogP contribution in [0.5, 0.6) is 0 Å². The molecular formula is C21H29N3O3S. The molecule has 0 spiro atoms. The lowest BCUT2D eigenvalue weighted by Gasteiger charge is -2.33. The van der Waals surface area contributed by atoms with Gasteiger partial charge in [-0.25, -0.2) is 8.42 Å². The smallest absolute Gasteiger partial charge is 0.243 e. The second-order valence-electron chi connectivity index (χ2n) is 7.79. The summed E-state index contributed by atoms with van der Waals surface area (Å²) in [6.45, 7) is 8.33. The molecule has 1 amide bonds. The van der Waals surface area contributed by atoms with E-state index in [2.05, 4.69) is 19.2 Å². The molecule has 28 heavy (non-hydrogen) atoms. The van der Waals surface area contributed by atoms with Gasteiger partial charge in [-0.2, -0.15) is 4.31 Å². The van der Waals surface area contributed by atoms with Crippen LogP contribution in [-0.4, -0.2) is 62.3 Å². The number of rotatable bonds is 6. The number of amides is 1. The number of carbonyl (C=O) groups excluding carboxylic acids is 1. The van der Waals surface area contributed by atoms with Crippen LogP contribution in [0.15, 0.2) is 47.4 Å². The van der Waals surface area contributed by atoms with Crippen molar-refractivity contribution in [1.82, 2.24) is 14.5 Å². The van der Waals surface area contributed by atoms with E-state index >= 15 is 0 Å². The topological polar surface area (TPSA) is 69.7 Å². The van der Waals surface area contributed by atoms with Gasteiger partial charge in [0.2, 0.25) is 15.9 Å². The van der Waals surface area contributed by atoms with Gasteiger partial charge in [0.25, 0.3) is 0 Å². The molecule has 1 aliphatic heterocycles. The number of nitrogens with one attached hydrogen (secondary N) is 1. The molecular weight excluding hydrogens is 374 g/mol. The van der Waals surface area contributed by atoms with E-state index in [9.17, 15) is 13.2 Å². The van der Waals surface area contributed by atoms with E-state index < -0.39 is 10.0 Å². The zero-order chi connectivity index (χ0) is 20.3. The van der Waals surface area contributed by atoms with Crippen molar-refractivity contribution in [3.63, 3.8) is 0 Å². The maximum Gasteiger partial charge on any atom is 0.243 e. The standard InChI is InChI=1S/C21H29N3O3S/c1-16(2)17(3)22-21(25)15-23-10-12-24(13-11-23)28(26,27)20-9-8-18-6-4-5-7-19(18)14-20/h4-9,14,16-17H,10-13,15H2,1-3H3,(H,22,25)/t17-/m0/s1. The molecule has 3 rings (SSSR count). The molecule has 7 heteroatoms. The van der Waals surface area contributed by atoms with Gasteiger partial charge in [0, 0.05) is 32.2 Å². The van der Waals surface area contributed by atoms with Crippen molar-refractivity contribution in [1.29, 1.82) is 0 Å². The molecule has 0 saturated carbocycles. The first-order chi connectivity index (χ1) is 13.3. The molecule has 0 radical (unpaired) electrons. The molecule has 0 bridgehead atoms. The molecule has 1 aliphatic rings. The number of benzene rings is 2. The maximum absolute atomic E-state index is 13.0. The van der Waals surface area contributed by atoms with E-state index in [-0.39, 0.29) is 11.9 Å². The predicted octanol–water partition coefficient (Wildman–Crippen LogP) is 2.31. The minimum absolute atomic E-state index is 0.00737. The SMILES string of the molecule is CC(C)[C@H](C)NC(=O)CN1CCN(S(=O)(=O)c2ccc3ccccc3c2)CC1. The molecule has 152 valence electrons. The van der Waals surface area contributed by atoms with Crippen molar-refractivity contribution in [3.8, 4) is 0 Å². The average Bonchev–Trinajstić information content (AvgIpc) is 2.67. The predicted molar refractivity (Wildman–Crippen MR) is 112 cm³/mol. The Labute approximate surface area is 167 Å². The molecule has 1 fully saturated rings. The van der Waals surface area contributed by atoms with Crippen LogP contribution in [0.4, 0.5) is 0 Å². The summed E-state index contributed by atoms with van der Waals surface area (Å²) in [5, 5.41) is 4.93. The fourth-order valence-corrected chi connectivity index (χ4v) is 4.73. The first kappa shape index (κ1) is 20.8. The Bertz CT molecular complexity index is 935. The third-order valence-electron chi connectivity index (χ3n) is 5.45. The van der Waals surface area contributed by atoms with Gasteiger partial charge in [-0.3, -0.25) is 9.69 Å². The second kappa shape index (κ2) is 8.59. The van der Waals surface area contributed by atoms with Gasteiger partial charge in [0.1, 0.15) is 0 Å². The molecule has 1 saturated heterocycles. The third kappa shape index (κ3) is 4.71. The van der Waals surface area contributed by atoms with Gasteiger partial charge in [-0.1, -0.05) is 44.2 Å². The fourth-order valence-electron chi connectivity index (χ4n) is 3.27. The number of hydrogen-bond acceptors (Lipinski definition) is 4. The Morgan fingerprint density at radius 2 is 1.64 bits per heavy atom. The lowest BCUT2D eigenvalue weighted by molar-refractivity contribution is -0.123. The average molecular weight is 404 g/mol. The monoisotopic (exact) mass is 403 g/mol. The molecule has 0 aromatic heterocycles. The van der Waals surface area contributed by atoms with Crippen molar-refractivity contribution >= 4 is 26.7 Å². The first-order valence-corrected chi connectivity index (χ1v) is 11.2. The van der Waals surface area contributed by atoms with Crippen molar-refractivity contribution < 1.29 is 13.2 Å². The summed E-state index contributed by atoms with van der Waals surface area (Å²) in [6.07, 6.45) is 0.